The van der Waals surface area contributed by atoms with Gasteiger partial charge in [0.15, 0.2) is 0 Å². The van der Waals surface area contributed by atoms with Crippen molar-refractivity contribution in [2.24, 2.45) is 5.92 Å². The molecule has 2 fully saturated rings. The molecule has 2 aromatic carbocycles. The molecule has 2 aromatic rings. The Bertz CT molecular complexity index is 990. The number of nitrogens with zero attached hydrogens (tertiary/aromatic N) is 1. The minimum atomic E-state index is -1.04. The van der Waals surface area contributed by atoms with Crippen molar-refractivity contribution in [3.05, 3.63) is 69.7 Å². The molecule has 0 aromatic heterocycles. The van der Waals surface area contributed by atoms with Gasteiger partial charge in [-0.2, -0.15) is 0 Å². The van der Waals surface area contributed by atoms with Crippen LogP contribution in [0.1, 0.15) is 36.9 Å². The van der Waals surface area contributed by atoms with E-state index < -0.39 is 24.0 Å². The first-order valence-electron chi connectivity index (χ1n) is 10.3. The van der Waals surface area contributed by atoms with Crippen molar-refractivity contribution in [1.29, 1.82) is 0 Å². The molecule has 4 amide bonds. The quantitative estimate of drug-likeness (QED) is 0.611. The standard InChI is InChI=1S/C23H23Cl2N3O3/c1-13(15-10-11-15)26-21(29)18(12-14-6-3-2-4-7-14)28-22(30)20(27-23(28)31)19-16(24)8-5-9-17(19)25/h2-9,13,15,18,20H,10-12H2,1H3,(H,26,29)(H,27,31)/t13-,18?,20?/m0/s1. The third-order valence-corrected chi connectivity index (χ3v) is 6.50. The van der Waals surface area contributed by atoms with Gasteiger partial charge in [0.25, 0.3) is 5.91 Å². The van der Waals surface area contributed by atoms with Crippen LogP contribution < -0.4 is 10.6 Å². The van der Waals surface area contributed by atoms with Crippen LogP contribution in [0, 0.1) is 5.92 Å². The minimum Gasteiger partial charge on any atom is -0.352 e. The van der Waals surface area contributed by atoms with Crippen LogP contribution in [0.2, 0.25) is 10.0 Å². The lowest BCUT2D eigenvalue weighted by Gasteiger charge is -2.26. The molecule has 8 heteroatoms. The van der Waals surface area contributed by atoms with E-state index in [0.717, 1.165) is 23.3 Å². The van der Waals surface area contributed by atoms with Gasteiger partial charge in [0, 0.05) is 28.1 Å². The molecule has 6 nitrogen and oxygen atoms in total. The number of urea groups is 1. The second kappa shape index (κ2) is 8.89. The van der Waals surface area contributed by atoms with Crippen LogP contribution in [0.3, 0.4) is 0 Å². The lowest BCUT2D eigenvalue weighted by Crippen LogP contribution is -2.53. The summed E-state index contributed by atoms with van der Waals surface area (Å²) in [5.41, 5.74) is 1.18. The number of imide groups is 1. The van der Waals surface area contributed by atoms with Gasteiger partial charge in [0.05, 0.1) is 0 Å². The van der Waals surface area contributed by atoms with Gasteiger partial charge in [-0.25, -0.2) is 9.69 Å². The highest BCUT2D eigenvalue weighted by atomic mass is 35.5. The first kappa shape index (κ1) is 21.7. The maximum Gasteiger partial charge on any atom is 0.325 e. The molecule has 0 spiro atoms. The Hall–Kier alpha value is -2.57. The number of benzene rings is 2. The average Bonchev–Trinajstić information content (AvgIpc) is 3.54. The van der Waals surface area contributed by atoms with Gasteiger partial charge in [-0.1, -0.05) is 59.6 Å². The Morgan fingerprint density at radius 2 is 1.74 bits per heavy atom. The van der Waals surface area contributed by atoms with Gasteiger partial charge in [-0.15, -0.1) is 0 Å². The van der Waals surface area contributed by atoms with Gasteiger partial charge < -0.3 is 10.6 Å². The number of halogens is 2. The largest absolute Gasteiger partial charge is 0.352 e. The predicted octanol–water partition coefficient (Wildman–Crippen LogP) is 4.11. The van der Waals surface area contributed by atoms with Crippen molar-refractivity contribution < 1.29 is 14.4 Å². The first-order valence-corrected chi connectivity index (χ1v) is 11.0. The maximum atomic E-state index is 13.3. The SMILES string of the molecule is C[C@H](NC(=O)C(Cc1ccccc1)N1C(=O)NC(c2c(Cl)cccc2Cl)C1=O)C1CC1. The van der Waals surface area contributed by atoms with Crippen LogP contribution in [0.25, 0.3) is 0 Å². The van der Waals surface area contributed by atoms with Crippen LogP contribution in [0.4, 0.5) is 4.79 Å². The number of hydrogen-bond acceptors (Lipinski definition) is 3. The highest BCUT2D eigenvalue weighted by molar-refractivity contribution is 6.36. The molecule has 1 aliphatic heterocycles. The van der Waals surface area contributed by atoms with Crippen molar-refractivity contribution in [3.63, 3.8) is 0 Å². The van der Waals surface area contributed by atoms with Crippen molar-refractivity contribution >= 4 is 41.0 Å². The molecule has 3 atom stereocenters. The molecular formula is C23H23Cl2N3O3. The molecular weight excluding hydrogens is 437 g/mol. The monoisotopic (exact) mass is 459 g/mol. The summed E-state index contributed by atoms with van der Waals surface area (Å²) < 4.78 is 0. The molecule has 2 unspecified atom stereocenters. The van der Waals surface area contributed by atoms with E-state index in [1.165, 1.54) is 0 Å². The van der Waals surface area contributed by atoms with E-state index in [1.807, 2.05) is 37.3 Å². The van der Waals surface area contributed by atoms with Gasteiger partial charge in [0.2, 0.25) is 5.91 Å². The van der Waals surface area contributed by atoms with E-state index in [4.69, 9.17) is 23.2 Å². The summed E-state index contributed by atoms with van der Waals surface area (Å²) in [5.74, 6) is -0.452. The average molecular weight is 460 g/mol. The van der Waals surface area contributed by atoms with E-state index in [1.54, 1.807) is 18.2 Å². The summed E-state index contributed by atoms with van der Waals surface area (Å²) in [6, 6.07) is 11.5. The van der Waals surface area contributed by atoms with E-state index in [2.05, 4.69) is 10.6 Å². The van der Waals surface area contributed by atoms with Crippen molar-refractivity contribution in [2.75, 3.05) is 0 Å². The second-order valence-electron chi connectivity index (χ2n) is 8.07. The predicted molar refractivity (Wildman–Crippen MR) is 119 cm³/mol. The number of hydrogen-bond donors (Lipinski definition) is 2. The number of carbonyl (C=O) groups is 3. The van der Waals surface area contributed by atoms with Gasteiger partial charge in [-0.05, 0) is 43.4 Å². The van der Waals surface area contributed by atoms with Crippen molar-refractivity contribution in [3.8, 4) is 0 Å². The summed E-state index contributed by atoms with van der Waals surface area (Å²) in [5, 5.41) is 6.20. The van der Waals surface area contributed by atoms with Gasteiger partial charge in [0.1, 0.15) is 12.1 Å². The fraction of sp³-hybridized carbons (Fsp3) is 0.348. The molecule has 1 heterocycles. The third-order valence-electron chi connectivity index (χ3n) is 5.84. The minimum absolute atomic E-state index is 0.0136. The van der Waals surface area contributed by atoms with Crippen LogP contribution >= 0.6 is 23.2 Å². The van der Waals surface area contributed by atoms with Crippen LogP contribution in [-0.4, -0.2) is 34.8 Å². The zero-order valence-electron chi connectivity index (χ0n) is 17.0. The van der Waals surface area contributed by atoms with E-state index in [9.17, 15) is 14.4 Å². The topological polar surface area (TPSA) is 78.5 Å². The zero-order valence-corrected chi connectivity index (χ0v) is 18.5. The lowest BCUT2D eigenvalue weighted by atomic mass is 10.0. The highest BCUT2D eigenvalue weighted by Crippen LogP contribution is 2.35. The Balaban J connectivity index is 1.64. The second-order valence-corrected chi connectivity index (χ2v) is 8.88. The van der Waals surface area contributed by atoms with Crippen LogP contribution in [-0.2, 0) is 16.0 Å². The molecule has 1 saturated heterocycles. The third kappa shape index (κ3) is 4.55. The molecule has 31 heavy (non-hydrogen) atoms. The van der Waals surface area contributed by atoms with E-state index >= 15 is 0 Å². The van der Waals surface area contributed by atoms with Crippen molar-refractivity contribution in [2.45, 2.75) is 44.3 Å². The molecule has 0 radical (unpaired) electrons. The molecule has 4 rings (SSSR count). The number of amides is 4. The Morgan fingerprint density at radius 3 is 2.35 bits per heavy atom. The molecule has 162 valence electrons. The summed E-state index contributed by atoms with van der Waals surface area (Å²) in [6.07, 6.45) is 2.36. The van der Waals surface area contributed by atoms with Crippen LogP contribution in [0.15, 0.2) is 48.5 Å². The van der Waals surface area contributed by atoms with E-state index in [0.29, 0.717) is 11.5 Å². The summed E-state index contributed by atoms with van der Waals surface area (Å²) >= 11 is 12.5. The fourth-order valence-corrected chi connectivity index (χ4v) is 4.56. The number of rotatable bonds is 7. The van der Waals surface area contributed by atoms with Crippen molar-refractivity contribution in [1.82, 2.24) is 15.5 Å². The molecule has 1 saturated carbocycles. The summed E-state index contributed by atoms with van der Waals surface area (Å²) in [4.78, 5) is 40.4. The highest BCUT2D eigenvalue weighted by Gasteiger charge is 2.47. The molecule has 2 N–H and O–H groups in total. The Morgan fingerprint density at radius 1 is 1.10 bits per heavy atom. The van der Waals surface area contributed by atoms with Gasteiger partial charge in [-0.3, -0.25) is 9.59 Å². The summed E-state index contributed by atoms with van der Waals surface area (Å²) in [7, 11) is 0. The molecule has 0 bridgehead atoms. The number of carbonyl (C=O) groups excluding carboxylic acids is 3. The Labute approximate surface area is 190 Å². The van der Waals surface area contributed by atoms with Crippen LogP contribution in [0.5, 0.6) is 0 Å². The van der Waals surface area contributed by atoms with E-state index in [-0.39, 0.29) is 28.4 Å². The zero-order chi connectivity index (χ0) is 22.1. The van der Waals surface area contributed by atoms with Gasteiger partial charge >= 0.3 is 6.03 Å². The molecule has 1 aliphatic carbocycles. The fourth-order valence-electron chi connectivity index (χ4n) is 3.94. The Kier molecular flexibility index (Phi) is 6.21. The molecule has 2 aliphatic rings. The lowest BCUT2D eigenvalue weighted by molar-refractivity contribution is -0.136. The normalized spacial score (nSPS) is 20.4. The summed E-state index contributed by atoms with van der Waals surface area (Å²) in [6.45, 7) is 1.95. The maximum absolute atomic E-state index is 13.3. The first-order chi connectivity index (χ1) is 14.9. The smallest absolute Gasteiger partial charge is 0.325 e. The number of nitrogens with one attached hydrogen (secondary N) is 2.